The molecule has 0 saturated carbocycles. The summed E-state index contributed by atoms with van der Waals surface area (Å²) in [5.41, 5.74) is 1.89. The second kappa shape index (κ2) is 9.21. The molecule has 0 aliphatic carbocycles. The molecule has 162 valence electrons. The molecular weight excluding hydrogens is 390 g/mol. The third-order valence-corrected chi connectivity index (χ3v) is 5.93. The lowest BCUT2D eigenvalue weighted by Crippen LogP contribution is -2.53. The summed E-state index contributed by atoms with van der Waals surface area (Å²) in [6.07, 6.45) is 0. The van der Waals surface area contributed by atoms with Gasteiger partial charge in [0.2, 0.25) is 0 Å². The van der Waals surface area contributed by atoms with Crippen molar-refractivity contribution in [3.05, 3.63) is 95.3 Å². The van der Waals surface area contributed by atoms with Gasteiger partial charge in [0.1, 0.15) is 5.41 Å². The van der Waals surface area contributed by atoms with Crippen molar-refractivity contribution in [2.45, 2.75) is 32.1 Å². The van der Waals surface area contributed by atoms with Crippen LogP contribution in [0, 0.1) is 0 Å². The third kappa shape index (κ3) is 3.65. The number of hydrogen-bond donors (Lipinski definition) is 0. The van der Waals surface area contributed by atoms with Gasteiger partial charge >= 0.3 is 11.9 Å². The largest absolute Gasteiger partial charge is 0.465 e. The van der Waals surface area contributed by atoms with Gasteiger partial charge in [0, 0.05) is 24.4 Å². The standard InChI is InChI=1S/C26H29NO4/c1-6-30-24(28)22-18(3)27(5)19(4)26(25(29)31-7-2,21-16-12-9-13-17-21)23(22)20-14-10-8-11-15-20/h8-17,23H,4,6-7H2,1-3,5H3/t23-,26-/m1/s1. The van der Waals surface area contributed by atoms with Gasteiger partial charge in [0.15, 0.2) is 0 Å². The summed E-state index contributed by atoms with van der Waals surface area (Å²) in [5, 5.41) is 0. The summed E-state index contributed by atoms with van der Waals surface area (Å²) in [6.45, 7) is 10.2. The fraction of sp³-hybridized carbons (Fsp3) is 0.308. The van der Waals surface area contributed by atoms with E-state index in [2.05, 4.69) is 6.58 Å². The summed E-state index contributed by atoms with van der Waals surface area (Å²) in [5.74, 6) is -1.54. The Balaban J connectivity index is 2.44. The maximum Gasteiger partial charge on any atom is 0.336 e. The Kier molecular flexibility index (Phi) is 6.64. The van der Waals surface area contributed by atoms with E-state index in [-0.39, 0.29) is 13.2 Å². The molecule has 2 aromatic carbocycles. The van der Waals surface area contributed by atoms with Crippen molar-refractivity contribution in [2.75, 3.05) is 20.3 Å². The van der Waals surface area contributed by atoms with Gasteiger partial charge in [-0.1, -0.05) is 67.2 Å². The van der Waals surface area contributed by atoms with Crippen LogP contribution in [0.1, 0.15) is 37.8 Å². The minimum atomic E-state index is -1.32. The number of esters is 2. The maximum atomic E-state index is 13.8. The Labute approximate surface area is 184 Å². The Morgan fingerprint density at radius 2 is 1.52 bits per heavy atom. The van der Waals surface area contributed by atoms with Crippen molar-refractivity contribution in [3.8, 4) is 0 Å². The van der Waals surface area contributed by atoms with Gasteiger partial charge in [-0.05, 0) is 31.9 Å². The van der Waals surface area contributed by atoms with Crippen molar-refractivity contribution >= 4 is 11.9 Å². The molecule has 0 spiro atoms. The Morgan fingerprint density at radius 1 is 0.968 bits per heavy atom. The molecule has 2 atom stereocenters. The van der Waals surface area contributed by atoms with Gasteiger partial charge in [0.05, 0.1) is 18.8 Å². The SMILES string of the molecule is C=C1N(C)C(C)=C(C(=O)OCC)[C@@H](c2ccccc2)[C@]1(C(=O)OCC)c1ccccc1. The van der Waals surface area contributed by atoms with Gasteiger partial charge in [-0.15, -0.1) is 0 Å². The van der Waals surface area contributed by atoms with Gasteiger partial charge in [-0.3, -0.25) is 4.79 Å². The summed E-state index contributed by atoms with van der Waals surface area (Å²) in [6, 6.07) is 19.0. The number of nitrogens with zero attached hydrogens (tertiary/aromatic N) is 1. The third-order valence-electron chi connectivity index (χ3n) is 5.93. The first-order valence-corrected chi connectivity index (χ1v) is 10.5. The summed E-state index contributed by atoms with van der Waals surface area (Å²) in [7, 11) is 1.81. The van der Waals surface area contributed by atoms with Crippen LogP contribution in [0.3, 0.4) is 0 Å². The molecule has 0 unspecified atom stereocenters. The molecule has 5 nitrogen and oxygen atoms in total. The molecule has 0 saturated heterocycles. The zero-order valence-electron chi connectivity index (χ0n) is 18.6. The van der Waals surface area contributed by atoms with Crippen molar-refractivity contribution in [3.63, 3.8) is 0 Å². The predicted octanol–water partition coefficient (Wildman–Crippen LogP) is 4.57. The lowest BCUT2D eigenvalue weighted by Gasteiger charge is -2.48. The number of rotatable bonds is 6. The molecule has 0 N–H and O–H groups in total. The molecule has 31 heavy (non-hydrogen) atoms. The molecule has 2 aromatic rings. The molecule has 0 bridgehead atoms. The highest BCUT2D eigenvalue weighted by atomic mass is 16.5. The van der Waals surface area contributed by atoms with Crippen LogP contribution in [0.4, 0.5) is 0 Å². The molecule has 1 heterocycles. The predicted molar refractivity (Wildman–Crippen MR) is 120 cm³/mol. The van der Waals surface area contributed by atoms with E-state index in [1.807, 2.05) is 74.6 Å². The number of ether oxygens (including phenoxy) is 2. The highest BCUT2D eigenvalue weighted by Gasteiger charge is 2.58. The molecule has 0 fully saturated rings. The number of likely N-dealkylation sites (N-methyl/N-ethyl adjacent to an activating group) is 1. The highest BCUT2D eigenvalue weighted by Crippen LogP contribution is 2.54. The molecule has 3 rings (SSSR count). The van der Waals surface area contributed by atoms with E-state index in [1.165, 1.54) is 0 Å². The van der Waals surface area contributed by atoms with E-state index in [9.17, 15) is 9.59 Å². The molecule has 1 aliphatic rings. The number of benzene rings is 2. The van der Waals surface area contributed by atoms with Gasteiger partial charge < -0.3 is 14.4 Å². The van der Waals surface area contributed by atoms with Crippen LogP contribution < -0.4 is 0 Å². The first-order chi connectivity index (χ1) is 14.9. The fourth-order valence-electron chi connectivity index (χ4n) is 4.41. The minimum absolute atomic E-state index is 0.212. The summed E-state index contributed by atoms with van der Waals surface area (Å²) >= 11 is 0. The van der Waals surface area contributed by atoms with Crippen LogP contribution in [0.5, 0.6) is 0 Å². The minimum Gasteiger partial charge on any atom is -0.465 e. The monoisotopic (exact) mass is 419 g/mol. The van der Waals surface area contributed by atoms with Crippen molar-refractivity contribution < 1.29 is 19.1 Å². The lowest BCUT2D eigenvalue weighted by atomic mass is 9.60. The molecular formula is C26H29NO4. The van der Waals surface area contributed by atoms with E-state index in [0.29, 0.717) is 22.5 Å². The first-order valence-electron chi connectivity index (χ1n) is 10.5. The van der Waals surface area contributed by atoms with Gasteiger partial charge in [-0.2, -0.15) is 0 Å². The van der Waals surface area contributed by atoms with E-state index >= 15 is 0 Å². The quantitative estimate of drug-likeness (QED) is 0.642. The smallest absolute Gasteiger partial charge is 0.336 e. The van der Waals surface area contributed by atoms with Crippen molar-refractivity contribution in [1.29, 1.82) is 0 Å². The van der Waals surface area contributed by atoms with E-state index in [1.54, 1.807) is 18.7 Å². The van der Waals surface area contributed by atoms with E-state index in [4.69, 9.17) is 9.47 Å². The maximum absolute atomic E-state index is 13.8. The first kappa shape index (κ1) is 22.3. The highest BCUT2D eigenvalue weighted by molar-refractivity contribution is 5.98. The molecule has 5 heteroatoms. The van der Waals surface area contributed by atoms with Crippen LogP contribution in [0.2, 0.25) is 0 Å². The Hall–Kier alpha value is -3.34. The van der Waals surface area contributed by atoms with Crippen LogP contribution in [0.25, 0.3) is 0 Å². The number of carbonyl (C=O) groups excluding carboxylic acids is 2. The summed E-state index contributed by atoms with van der Waals surface area (Å²) in [4.78, 5) is 28.9. The number of hydrogen-bond acceptors (Lipinski definition) is 5. The second-order valence-corrected chi connectivity index (χ2v) is 7.46. The van der Waals surface area contributed by atoms with Crippen LogP contribution in [-0.4, -0.2) is 37.1 Å². The van der Waals surface area contributed by atoms with Crippen LogP contribution in [-0.2, 0) is 24.5 Å². The normalized spacial score (nSPS) is 21.1. The number of allylic oxidation sites excluding steroid dienone is 1. The number of carbonyl (C=O) groups is 2. The second-order valence-electron chi connectivity index (χ2n) is 7.46. The van der Waals surface area contributed by atoms with E-state index in [0.717, 1.165) is 5.56 Å². The lowest BCUT2D eigenvalue weighted by molar-refractivity contribution is -0.150. The van der Waals surface area contributed by atoms with Crippen LogP contribution >= 0.6 is 0 Å². The Bertz CT molecular complexity index is 997. The zero-order valence-corrected chi connectivity index (χ0v) is 18.6. The zero-order chi connectivity index (χ0) is 22.6. The molecule has 0 amide bonds. The average molecular weight is 420 g/mol. The molecule has 0 radical (unpaired) electrons. The average Bonchev–Trinajstić information content (AvgIpc) is 2.79. The fourth-order valence-corrected chi connectivity index (χ4v) is 4.41. The van der Waals surface area contributed by atoms with E-state index < -0.39 is 23.3 Å². The Morgan fingerprint density at radius 3 is 2.06 bits per heavy atom. The topological polar surface area (TPSA) is 55.8 Å². The molecule has 1 aliphatic heterocycles. The molecule has 0 aromatic heterocycles. The van der Waals surface area contributed by atoms with Gasteiger partial charge in [0.25, 0.3) is 0 Å². The van der Waals surface area contributed by atoms with Gasteiger partial charge in [-0.25, -0.2) is 4.79 Å². The van der Waals surface area contributed by atoms with Crippen molar-refractivity contribution in [2.24, 2.45) is 0 Å². The summed E-state index contributed by atoms with van der Waals surface area (Å²) < 4.78 is 11.1. The van der Waals surface area contributed by atoms with Crippen molar-refractivity contribution in [1.82, 2.24) is 4.90 Å². The van der Waals surface area contributed by atoms with Crippen LogP contribution in [0.15, 0.2) is 84.2 Å².